The molecule has 0 bridgehead atoms. The smallest absolute Gasteiger partial charge is 0.408 e. The first kappa shape index (κ1) is 22.1. The molecule has 0 aliphatic carbocycles. The normalized spacial score (nSPS) is 22.5. The number of hydrogen-bond acceptors (Lipinski definition) is 5. The minimum Gasteiger partial charge on any atom is -0.480 e. The molecule has 1 fully saturated rings. The number of carboxylic acids is 1. The number of alkyl carbamates (subject to hydrolysis) is 1. The number of ether oxygens (including phenoxy) is 1. The summed E-state index contributed by atoms with van der Waals surface area (Å²) in [7, 11) is 0. The van der Waals surface area contributed by atoms with Gasteiger partial charge in [-0.15, -0.1) is 0 Å². The van der Waals surface area contributed by atoms with Crippen molar-refractivity contribution in [3.05, 3.63) is 0 Å². The number of hydrogen-bond donors (Lipinski definition) is 3. The number of thioether (sulfide) groups is 1. The second-order valence-electron chi connectivity index (χ2n) is 8.76. The molecule has 0 aromatic rings. The lowest BCUT2D eigenvalue weighted by Crippen LogP contribution is -2.45. The van der Waals surface area contributed by atoms with Gasteiger partial charge >= 0.3 is 12.1 Å². The molecular formula is C18H34N2O4S. The Morgan fingerprint density at radius 2 is 1.88 bits per heavy atom. The zero-order chi connectivity index (χ0) is 19.3. The van der Waals surface area contributed by atoms with Gasteiger partial charge in [-0.05, 0) is 51.2 Å². The fraction of sp³-hybridized carbons (Fsp3) is 0.889. The summed E-state index contributed by atoms with van der Waals surface area (Å²) in [4.78, 5) is 23.0. The van der Waals surface area contributed by atoms with E-state index < -0.39 is 23.7 Å². The minimum absolute atomic E-state index is 0.271. The van der Waals surface area contributed by atoms with Crippen molar-refractivity contribution >= 4 is 23.8 Å². The van der Waals surface area contributed by atoms with Gasteiger partial charge < -0.3 is 20.5 Å². The summed E-state index contributed by atoms with van der Waals surface area (Å²) >= 11 is 1.55. The average Bonchev–Trinajstić information content (AvgIpc) is 2.88. The Morgan fingerprint density at radius 1 is 1.24 bits per heavy atom. The summed E-state index contributed by atoms with van der Waals surface area (Å²) in [5, 5.41) is 15.4. The van der Waals surface area contributed by atoms with Crippen molar-refractivity contribution in [1.29, 1.82) is 0 Å². The van der Waals surface area contributed by atoms with Crippen molar-refractivity contribution in [3.63, 3.8) is 0 Å². The molecule has 1 saturated heterocycles. The summed E-state index contributed by atoms with van der Waals surface area (Å²) < 4.78 is 5.12. The topological polar surface area (TPSA) is 87.7 Å². The number of rotatable bonds is 7. The van der Waals surface area contributed by atoms with E-state index in [1.54, 1.807) is 32.5 Å². The number of aliphatic carboxylic acids is 1. The highest BCUT2D eigenvalue weighted by molar-refractivity contribution is 7.99. The van der Waals surface area contributed by atoms with Gasteiger partial charge in [0, 0.05) is 17.8 Å². The predicted molar refractivity (Wildman–Crippen MR) is 102 cm³/mol. The fourth-order valence-electron chi connectivity index (χ4n) is 2.78. The molecule has 0 radical (unpaired) electrons. The maximum absolute atomic E-state index is 11.7. The standard InChI is InChI=1S/C18H34N2O4S/c1-17(2,3)14-8-7-12(19-14)9-10-25-11-13(15(21)22)20-16(23)24-18(4,5)6/h12-14,19H,7-11H2,1-6H3,(H,20,23)(H,21,22)/t12-,13+,14+/m1/s1. The molecular weight excluding hydrogens is 340 g/mol. The van der Waals surface area contributed by atoms with E-state index in [0.29, 0.717) is 17.8 Å². The number of carbonyl (C=O) groups excluding carboxylic acids is 1. The molecule has 25 heavy (non-hydrogen) atoms. The van der Waals surface area contributed by atoms with Gasteiger partial charge in [0.25, 0.3) is 0 Å². The van der Waals surface area contributed by atoms with Crippen LogP contribution in [-0.2, 0) is 9.53 Å². The monoisotopic (exact) mass is 374 g/mol. The molecule has 1 heterocycles. The Labute approximate surface area is 155 Å². The van der Waals surface area contributed by atoms with Crippen LogP contribution in [0.1, 0.15) is 60.8 Å². The summed E-state index contributed by atoms with van der Waals surface area (Å²) in [6, 6.07) is 0.112. The van der Waals surface area contributed by atoms with E-state index in [1.165, 1.54) is 12.8 Å². The Balaban J connectivity index is 2.30. The second-order valence-corrected chi connectivity index (χ2v) is 9.91. The SMILES string of the molecule is CC(C)(C)OC(=O)N[C@@H](CSCC[C@H]1CC[C@@H](C(C)(C)C)N1)C(=O)O. The molecule has 1 aliphatic heterocycles. The molecule has 146 valence electrons. The first-order valence-electron chi connectivity index (χ1n) is 8.94. The number of carbonyl (C=O) groups is 2. The fourth-order valence-corrected chi connectivity index (χ4v) is 3.86. The molecule has 0 aromatic carbocycles. The Bertz CT molecular complexity index is 457. The molecule has 1 rings (SSSR count). The van der Waals surface area contributed by atoms with Crippen LogP contribution in [0.3, 0.4) is 0 Å². The van der Waals surface area contributed by atoms with E-state index in [4.69, 9.17) is 4.74 Å². The highest BCUT2D eigenvalue weighted by atomic mass is 32.2. The molecule has 1 amide bonds. The van der Waals surface area contributed by atoms with Gasteiger partial charge in [-0.1, -0.05) is 20.8 Å². The van der Waals surface area contributed by atoms with Gasteiger partial charge in [0.1, 0.15) is 11.6 Å². The zero-order valence-corrected chi connectivity index (χ0v) is 17.2. The Kier molecular flexibility index (Phi) is 8.06. The maximum Gasteiger partial charge on any atom is 0.408 e. The summed E-state index contributed by atoms with van der Waals surface area (Å²) in [6.07, 6.45) is 2.68. The van der Waals surface area contributed by atoms with Crippen LogP contribution in [0.5, 0.6) is 0 Å². The van der Waals surface area contributed by atoms with Crippen LogP contribution in [0.4, 0.5) is 4.79 Å². The number of nitrogens with one attached hydrogen (secondary N) is 2. The lowest BCUT2D eigenvalue weighted by Gasteiger charge is -2.28. The van der Waals surface area contributed by atoms with Gasteiger partial charge in [-0.2, -0.15) is 11.8 Å². The van der Waals surface area contributed by atoms with E-state index in [2.05, 4.69) is 31.4 Å². The third-order valence-corrected chi connectivity index (χ3v) is 5.26. The largest absolute Gasteiger partial charge is 0.480 e. The van der Waals surface area contributed by atoms with E-state index in [1.807, 2.05) is 0 Å². The predicted octanol–water partition coefficient (Wildman–Crippen LogP) is 3.25. The first-order valence-corrected chi connectivity index (χ1v) is 10.1. The third kappa shape index (κ3) is 8.81. The van der Waals surface area contributed by atoms with E-state index in [-0.39, 0.29) is 5.41 Å². The molecule has 7 heteroatoms. The van der Waals surface area contributed by atoms with E-state index in [9.17, 15) is 14.7 Å². The molecule has 1 aliphatic rings. The van der Waals surface area contributed by atoms with Crippen LogP contribution in [0.2, 0.25) is 0 Å². The van der Waals surface area contributed by atoms with Crippen LogP contribution in [0, 0.1) is 5.41 Å². The Morgan fingerprint density at radius 3 is 2.36 bits per heavy atom. The zero-order valence-electron chi connectivity index (χ0n) is 16.3. The van der Waals surface area contributed by atoms with Crippen LogP contribution < -0.4 is 10.6 Å². The van der Waals surface area contributed by atoms with Crippen molar-refractivity contribution < 1.29 is 19.4 Å². The molecule has 3 atom stereocenters. The highest BCUT2D eigenvalue weighted by Gasteiger charge is 2.32. The van der Waals surface area contributed by atoms with Gasteiger partial charge in [0.2, 0.25) is 0 Å². The lowest BCUT2D eigenvalue weighted by molar-refractivity contribution is -0.138. The maximum atomic E-state index is 11.7. The second kappa shape index (κ2) is 9.12. The Hall–Kier alpha value is -0.950. The van der Waals surface area contributed by atoms with Crippen molar-refractivity contribution in [2.45, 2.75) is 84.5 Å². The van der Waals surface area contributed by atoms with Crippen LogP contribution in [0.15, 0.2) is 0 Å². The lowest BCUT2D eigenvalue weighted by atomic mass is 9.86. The van der Waals surface area contributed by atoms with Gasteiger partial charge in [0.05, 0.1) is 0 Å². The van der Waals surface area contributed by atoms with E-state index >= 15 is 0 Å². The molecule has 0 spiro atoms. The van der Waals surface area contributed by atoms with Gasteiger partial charge in [-0.3, -0.25) is 0 Å². The van der Waals surface area contributed by atoms with Crippen LogP contribution in [-0.4, -0.2) is 52.4 Å². The molecule has 3 N–H and O–H groups in total. The van der Waals surface area contributed by atoms with Crippen molar-refractivity contribution in [1.82, 2.24) is 10.6 Å². The number of amides is 1. The van der Waals surface area contributed by atoms with E-state index in [0.717, 1.165) is 12.2 Å². The van der Waals surface area contributed by atoms with Crippen LogP contribution >= 0.6 is 11.8 Å². The molecule has 6 nitrogen and oxygen atoms in total. The number of carboxylic acid groups (broad SMARTS) is 1. The van der Waals surface area contributed by atoms with Crippen molar-refractivity contribution in [3.8, 4) is 0 Å². The molecule has 0 saturated carbocycles. The van der Waals surface area contributed by atoms with Gasteiger partial charge in [-0.25, -0.2) is 9.59 Å². The quantitative estimate of drug-likeness (QED) is 0.593. The molecule has 0 aromatic heterocycles. The summed E-state index contributed by atoms with van der Waals surface area (Å²) in [5.41, 5.74) is -0.369. The van der Waals surface area contributed by atoms with Crippen LogP contribution in [0.25, 0.3) is 0 Å². The van der Waals surface area contributed by atoms with Crippen molar-refractivity contribution in [2.75, 3.05) is 11.5 Å². The third-order valence-electron chi connectivity index (χ3n) is 4.17. The summed E-state index contributed by atoms with van der Waals surface area (Å²) in [5.74, 6) is 0.170. The van der Waals surface area contributed by atoms with Gasteiger partial charge in [0.15, 0.2) is 0 Å². The molecule has 0 unspecified atom stereocenters. The first-order chi connectivity index (χ1) is 11.4. The summed E-state index contributed by atoms with van der Waals surface area (Å²) in [6.45, 7) is 12.0. The average molecular weight is 375 g/mol. The highest BCUT2D eigenvalue weighted by Crippen LogP contribution is 2.29. The van der Waals surface area contributed by atoms with Crippen molar-refractivity contribution in [2.24, 2.45) is 5.41 Å². The minimum atomic E-state index is -1.04.